The van der Waals surface area contributed by atoms with E-state index in [2.05, 4.69) is 31.6 Å². The number of hydrogen-bond donors (Lipinski definition) is 2. The van der Waals surface area contributed by atoms with Crippen LogP contribution in [0.25, 0.3) is 0 Å². The molecule has 8 heteroatoms. The van der Waals surface area contributed by atoms with Gasteiger partial charge < -0.3 is 24.5 Å². The van der Waals surface area contributed by atoms with Crippen LogP contribution in [0.5, 0.6) is 11.5 Å². The Labute approximate surface area is 173 Å². The van der Waals surface area contributed by atoms with E-state index in [9.17, 15) is 0 Å². The molecule has 0 saturated heterocycles. The molecule has 0 aliphatic carbocycles. The van der Waals surface area contributed by atoms with Crippen LogP contribution in [0, 0.1) is 0 Å². The van der Waals surface area contributed by atoms with Crippen molar-refractivity contribution in [2.75, 3.05) is 27.8 Å². The largest absolute Gasteiger partial charge is 0.493 e. The molecule has 0 atom stereocenters. The monoisotopic (exact) mass is 523 g/mol. The number of nitrogens with zero attached hydrogens (tertiary/aromatic N) is 1. The Hall–Kier alpha value is -1.42. The number of ether oxygens (including phenoxy) is 2. The van der Waals surface area contributed by atoms with Crippen LogP contribution in [-0.2, 0) is 13.0 Å². The van der Waals surface area contributed by atoms with Crippen LogP contribution in [0.15, 0.2) is 44.4 Å². The average molecular weight is 524 g/mol. The van der Waals surface area contributed by atoms with Gasteiger partial charge in [0.2, 0.25) is 0 Å². The Kier molecular flexibility index (Phi) is 9.73. The molecule has 0 aliphatic rings. The first-order valence-electron chi connectivity index (χ1n) is 7.55. The van der Waals surface area contributed by atoms with Crippen LogP contribution in [0.1, 0.15) is 11.3 Å². The van der Waals surface area contributed by atoms with Gasteiger partial charge in [0.25, 0.3) is 0 Å². The second-order valence-corrected chi connectivity index (χ2v) is 5.85. The van der Waals surface area contributed by atoms with Gasteiger partial charge in [0.15, 0.2) is 17.5 Å². The summed E-state index contributed by atoms with van der Waals surface area (Å²) in [6, 6.07) is 7.77. The minimum absolute atomic E-state index is 0. The fourth-order valence-corrected chi connectivity index (χ4v) is 2.89. The molecule has 0 unspecified atom stereocenters. The van der Waals surface area contributed by atoms with E-state index in [-0.39, 0.29) is 24.0 Å². The molecule has 2 rings (SSSR count). The first-order chi connectivity index (χ1) is 11.7. The summed E-state index contributed by atoms with van der Waals surface area (Å²) in [5.74, 6) is 3.04. The van der Waals surface area contributed by atoms with E-state index in [0.717, 1.165) is 34.7 Å². The van der Waals surface area contributed by atoms with Crippen molar-refractivity contribution in [3.63, 3.8) is 0 Å². The van der Waals surface area contributed by atoms with Crippen LogP contribution < -0.4 is 20.1 Å². The third-order valence-corrected chi connectivity index (χ3v) is 4.01. The van der Waals surface area contributed by atoms with Crippen LogP contribution in [0.4, 0.5) is 0 Å². The lowest BCUT2D eigenvalue weighted by Gasteiger charge is -2.14. The van der Waals surface area contributed by atoms with Crippen molar-refractivity contribution in [2.45, 2.75) is 13.0 Å². The lowest BCUT2D eigenvalue weighted by Crippen LogP contribution is -2.37. The summed E-state index contributed by atoms with van der Waals surface area (Å²) in [7, 11) is 4.98. The Morgan fingerprint density at radius 1 is 1.24 bits per heavy atom. The van der Waals surface area contributed by atoms with Gasteiger partial charge >= 0.3 is 0 Å². The molecule has 0 radical (unpaired) electrons. The lowest BCUT2D eigenvalue weighted by molar-refractivity contribution is 0.352. The number of aliphatic imine (C=N–C) groups is 1. The number of benzene rings is 1. The highest BCUT2D eigenvalue weighted by atomic mass is 127. The molecule has 2 N–H and O–H groups in total. The minimum atomic E-state index is 0. The van der Waals surface area contributed by atoms with Crippen molar-refractivity contribution in [3.05, 3.63) is 46.3 Å². The lowest BCUT2D eigenvalue weighted by atomic mass is 10.2. The molecule has 0 amide bonds. The van der Waals surface area contributed by atoms with Crippen LogP contribution in [0.2, 0.25) is 0 Å². The molecule has 0 spiro atoms. The number of methoxy groups -OCH3 is 2. The molecule has 6 nitrogen and oxygen atoms in total. The van der Waals surface area contributed by atoms with Crippen molar-refractivity contribution in [1.29, 1.82) is 0 Å². The highest BCUT2D eigenvalue weighted by molar-refractivity contribution is 14.0. The summed E-state index contributed by atoms with van der Waals surface area (Å²) in [4.78, 5) is 4.22. The summed E-state index contributed by atoms with van der Waals surface area (Å²) >= 11 is 3.50. The highest BCUT2D eigenvalue weighted by Crippen LogP contribution is 2.36. The molecule has 1 heterocycles. The fraction of sp³-hybridized carbons (Fsp3) is 0.353. The van der Waals surface area contributed by atoms with Gasteiger partial charge in [-0.05, 0) is 45.8 Å². The normalized spacial score (nSPS) is 10.8. The van der Waals surface area contributed by atoms with Gasteiger partial charge in [-0.2, -0.15) is 0 Å². The molecule has 0 aliphatic heterocycles. The van der Waals surface area contributed by atoms with Crippen LogP contribution >= 0.6 is 39.9 Å². The molecule has 0 saturated carbocycles. The molecule has 1 aromatic carbocycles. The maximum atomic E-state index is 5.36. The van der Waals surface area contributed by atoms with Crippen molar-refractivity contribution in [1.82, 2.24) is 10.6 Å². The minimum Gasteiger partial charge on any atom is -0.493 e. The molecular formula is C17H23BrIN3O3. The van der Waals surface area contributed by atoms with Gasteiger partial charge in [-0.1, -0.05) is 0 Å². The number of rotatable bonds is 7. The Morgan fingerprint density at radius 2 is 2.04 bits per heavy atom. The average Bonchev–Trinajstić information content (AvgIpc) is 3.10. The van der Waals surface area contributed by atoms with E-state index in [0.29, 0.717) is 18.0 Å². The number of furan rings is 1. The summed E-state index contributed by atoms with van der Waals surface area (Å²) in [5.41, 5.74) is 1.05. The SMILES string of the molecule is CN=C(NCCc1ccco1)NCc1cc(Br)c(OC)c(OC)c1.I. The third-order valence-electron chi connectivity index (χ3n) is 3.42. The summed E-state index contributed by atoms with van der Waals surface area (Å²) in [6.07, 6.45) is 2.48. The first-order valence-corrected chi connectivity index (χ1v) is 8.34. The standard InChI is InChI=1S/C17H22BrN3O3.HI/c1-19-17(20-7-6-13-5-4-8-24-13)21-11-12-9-14(18)16(23-3)15(10-12)22-2;/h4-5,8-10H,6-7,11H2,1-3H3,(H2,19,20,21);1H. The predicted molar refractivity (Wildman–Crippen MR) is 113 cm³/mol. The van der Waals surface area contributed by atoms with Gasteiger partial charge in [-0.3, -0.25) is 4.99 Å². The van der Waals surface area contributed by atoms with E-state index < -0.39 is 0 Å². The van der Waals surface area contributed by atoms with E-state index in [4.69, 9.17) is 13.9 Å². The molecule has 0 fully saturated rings. The van der Waals surface area contributed by atoms with Gasteiger partial charge in [0, 0.05) is 26.6 Å². The zero-order valence-corrected chi connectivity index (χ0v) is 18.4. The van der Waals surface area contributed by atoms with Crippen LogP contribution in [0.3, 0.4) is 0 Å². The molecular weight excluding hydrogens is 501 g/mol. The van der Waals surface area contributed by atoms with Gasteiger partial charge in [0.1, 0.15) is 5.76 Å². The summed E-state index contributed by atoms with van der Waals surface area (Å²) in [5, 5.41) is 6.53. The molecule has 1 aromatic heterocycles. The maximum Gasteiger partial charge on any atom is 0.191 e. The Bertz CT molecular complexity index is 678. The molecule has 25 heavy (non-hydrogen) atoms. The fourth-order valence-electron chi connectivity index (χ4n) is 2.24. The van der Waals surface area contributed by atoms with Crippen molar-refractivity contribution in [2.24, 2.45) is 4.99 Å². The molecule has 2 aromatic rings. The summed E-state index contributed by atoms with van der Waals surface area (Å²) in [6.45, 7) is 1.35. The Morgan fingerprint density at radius 3 is 2.64 bits per heavy atom. The van der Waals surface area contributed by atoms with Crippen molar-refractivity contribution < 1.29 is 13.9 Å². The topological polar surface area (TPSA) is 68.0 Å². The van der Waals surface area contributed by atoms with E-state index in [1.165, 1.54) is 0 Å². The van der Waals surface area contributed by atoms with Gasteiger partial charge in [0.05, 0.1) is 25.0 Å². The van der Waals surface area contributed by atoms with Gasteiger partial charge in [-0.25, -0.2) is 0 Å². The third kappa shape index (κ3) is 6.43. The summed E-state index contributed by atoms with van der Waals surface area (Å²) < 4.78 is 16.8. The second-order valence-electron chi connectivity index (χ2n) is 5.00. The zero-order valence-electron chi connectivity index (χ0n) is 14.5. The van der Waals surface area contributed by atoms with E-state index in [1.807, 2.05) is 24.3 Å². The smallest absolute Gasteiger partial charge is 0.191 e. The maximum absolute atomic E-state index is 5.36. The number of hydrogen-bond acceptors (Lipinski definition) is 4. The van der Waals surface area contributed by atoms with E-state index in [1.54, 1.807) is 27.5 Å². The quantitative estimate of drug-likeness (QED) is 0.330. The highest BCUT2D eigenvalue weighted by Gasteiger charge is 2.10. The number of guanidine groups is 1. The van der Waals surface area contributed by atoms with Crippen molar-refractivity contribution >= 4 is 45.9 Å². The molecule has 0 bridgehead atoms. The number of nitrogens with one attached hydrogen (secondary N) is 2. The number of halogens is 2. The van der Waals surface area contributed by atoms with Gasteiger partial charge in [-0.15, -0.1) is 24.0 Å². The van der Waals surface area contributed by atoms with E-state index >= 15 is 0 Å². The second kappa shape index (κ2) is 11.2. The predicted octanol–water partition coefficient (Wildman–Crippen LogP) is 3.59. The molecule has 138 valence electrons. The Balaban J connectivity index is 0.00000312. The van der Waals surface area contributed by atoms with Crippen LogP contribution in [-0.4, -0.2) is 33.8 Å². The zero-order chi connectivity index (χ0) is 17.4. The van der Waals surface area contributed by atoms with Crippen molar-refractivity contribution in [3.8, 4) is 11.5 Å². The first kappa shape index (κ1) is 21.6.